The van der Waals surface area contributed by atoms with Crippen LogP contribution in [0.5, 0.6) is 0 Å². The Morgan fingerprint density at radius 3 is 2.88 bits per heavy atom. The van der Waals surface area contributed by atoms with Gasteiger partial charge in [-0.05, 0) is 12.8 Å². The minimum atomic E-state index is -0.770. The van der Waals surface area contributed by atoms with Crippen LogP contribution in [0.15, 0.2) is 0 Å². The van der Waals surface area contributed by atoms with Gasteiger partial charge in [-0.25, -0.2) is 4.98 Å². The second-order valence-corrected chi connectivity index (χ2v) is 4.34. The van der Waals surface area contributed by atoms with Gasteiger partial charge in [0.25, 0.3) is 0 Å². The van der Waals surface area contributed by atoms with Gasteiger partial charge in [-0.1, -0.05) is 13.8 Å². The molecule has 1 aromatic rings. The van der Waals surface area contributed by atoms with E-state index in [0.717, 1.165) is 18.7 Å². The van der Waals surface area contributed by atoms with Crippen molar-refractivity contribution in [3.05, 3.63) is 5.82 Å². The summed E-state index contributed by atoms with van der Waals surface area (Å²) in [7, 11) is 0. The van der Waals surface area contributed by atoms with Crippen molar-refractivity contribution in [1.29, 1.82) is 0 Å². The number of aryl methyl sites for hydroxylation is 1. The SMILES string of the molecule is CCCc1nsc(NCC(CC)C(=O)O)n1. The van der Waals surface area contributed by atoms with E-state index >= 15 is 0 Å². The summed E-state index contributed by atoms with van der Waals surface area (Å²) in [5, 5.41) is 12.6. The Labute approximate surface area is 99.1 Å². The Morgan fingerprint density at radius 1 is 1.56 bits per heavy atom. The van der Waals surface area contributed by atoms with Crippen LogP contribution in [0.3, 0.4) is 0 Å². The molecule has 90 valence electrons. The van der Waals surface area contributed by atoms with Crippen molar-refractivity contribution in [2.24, 2.45) is 5.92 Å². The van der Waals surface area contributed by atoms with Crippen LogP contribution in [0.2, 0.25) is 0 Å². The zero-order valence-corrected chi connectivity index (χ0v) is 10.4. The van der Waals surface area contributed by atoms with Gasteiger partial charge in [-0.15, -0.1) is 0 Å². The van der Waals surface area contributed by atoms with Gasteiger partial charge in [-0.3, -0.25) is 4.79 Å². The van der Waals surface area contributed by atoms with Crippen molar-refractivity contribution in [2.45, 2.75) is 33.1 Å². The number of rotatable bonds is 7. The quantitative estimate of drug-likeness (QED) is 0.766. The number of hydrogen-bond donors (Lipinski definition) is 2. The van der Waals surface area contributed by atoms with Gasteiger partial charge in [0.05, 0.1) is 5.92 Å². The molecule has 1 aromatic heterocycles. The summed E-state index contributed by atoms with van der Waals surface area (Å²) in [6.07, 6.45) is 2.50. The lowest BCUT2D eigenvalue weighted by Gasteiger charge is -2.09. The topological polar surface area (TPSA) is 75.1 Å². The molecule has 0 spiro atoms. The lowest BCUT2D eigenvalue weighted by Crippen LogP contribution is -2.21. The number of aliphatic carboxylic acids is 1. The Balaban J connectivity index is 2.44. The molecule has 16 heavy (non-hydrogen) atoms. The molecule has 0 bridgehead atoms. The van der Waals surface area contributed by atoms with Crippen molar-refractivity contribution in [2.75, 3.05) is 11.9 Å². The maximum absolute atomic E-state index is 10.8. The van der Waals surface area contributed by atoms with E-state index in [2.05, 4.69) is 21.6 Å². The molecule has 0 aliphatic rings. The fourth-order valence-corrected chi connectivity index (χ4v) is 1.89. The van der Waals surface area contributed by atoms with Crippen LogP contribution in [0.4, 0.5) is 5.13 Å². The van der Waals surface area contributed by atoms with E-state index in [4.69, 9.17) is 5.11 Å². The second kappa shape index (κ2) is 6.42. The van der Waals surface area contributed by atoms with Crippen molar-refractivity contribution in [3.8, 4) is 0 Å². The fraction of sp³-hybridized carbons (Fsp3) is 0.700. The standard InChI is InChI=1S/C10H17N3O2S/c1-3-5-8-12-10(16-13-8)11-6-7(4-2)9(14)15/h7H,3-6H2,1-2H3,(H,14,15)(H,11,12,13). The molecule has 1 heterocycles. The van der Waals surface area contributed by atoms with E-state index in [1.807, 2.05) is 6.92 Å². The lowest BCUT2D eigenvalue weighted by molar-refractivity contribution is -0.141. The van der Waals surface area contributed by atoms with Crippen molar-refractivity contribution >= 4 is 22.6 Å². The molecular weight excluding hydrogens is 226 g/mol. The summed E-state index contributed by atoms with van der Waals surface area (Å²) >= 11 is 1.29. The predicted molar refractivity (Wildman–Crippen MR) is 63.8 cm³/mol. The maximum atomic E-state index is 10.8. The van der Waals surface area contributed by atoms with Gasteiger partial charge < -0.3 is 10.4 Å². The number of hydrogen-bond acceptors (Lipinski definition) is 5. The van der Waals surface area contributed by atoms with Crippen LogP contribution in [0, 0.1) is 5.92 Å². The average molecular weight is 243 g/mol. The highest BCUT2D eigenvalue weighted by molar-refractivity contribution is 7.09. The fourth-order valence-electron chi connectivity index (χ4n) is 1.27. The van der Waals surface area contributed by atoms with E-state index in [9.17, 15) is 4.79 Å². The van der Waals surface area contributed by atoms with Crippen LogP contribution >= 0.6 is 11.5 Å². The number of aromatic nitrogens is 2. The van der Waals surface area contributed by atoms with Crippen LogP contribution in [0.1, 0.15) is 32.5 Å². The number of anilines is 1. The van der Waals surface area contributed by atoms with Crippen molar-refractivity contribution in [3.63, 3.8) is 0 Å². The second-order valence-electron chi connectivity index (χ2n) is 3.59. The zero-order chi connectivity index (χ0) is 12.0. The molecule has 0 fully saturated rings. The molecule has 6 heteroatoms. The predicted octanol–water partition coefficient (Wildman–Crippen LogP) is 2.01. The van der Waals surface area contributed by atoms with Crippen LogP contribution < -0.4 is 5.32 Å². The van der Waals surface area contributed by atoms with Gasteiger partial charge in [0.1, 0.15) is 5.82 Å². The Hall–Kier alpha value is -1.17. The molecule has 0 aromatic carbocycles. The Morgan fingerprint density at radius 2 is 2.31 bits per heavy atom. The van der Waals surface area contributed by atoms with Gasteiger partial charge in [0, 0.05) is 24.5 Å². The molecule has 2 N–H and O–H groups in total. The molecule has 0 saturated heterocycles. The molecule has 0 aliphatic heterocycles. The van der Waals surface area contributed by atoms with Gasteiger partial charge in [0.2, 0.25) is 5.13 Å². The minimum absolute atomic E-state index is 0.362. The molecule has 0 radical (unpaired) electrons. The maximum Gasteiger partial charge on any atom is 0.308 e. The van der Waals surface area contributed by atoms with Crippen LogP contribution in [0.25, 0.3) is 0 Å². The molecule has 0 aliphatic carbocycles. The molecule has 0 amide bonds. The molecule has 1 rings (SSSR count). The van der Waals surface area contributed by atoms with Crippen molar-refractivity contribution in [1.82, 2.24) is 9.36 Å². The molecule has 5 nitrogen and oxygen atoms in total. The molecule has 1 atom stereocenters. The summed E-state index contributed by atoms with van der Waals surface area (Å²) in [4.78, 5) is 15.1. The normalized spacial score (nSPS) is 12.4. The number of nitrogens with one attached hydrogen (secondary N) is 1. The first kappa shape index (κ1) is 12.9. The third kappa shape index (κ3) is 3.77. The van der Waals surface area contributed by atoms with Crippen LogP contribution in [-0.2, 0) is 11.2 Å². The van der Waals surface area contributed by atoms with E-state index in [0.29, 0.717) is 18.1 Å². The number of carboxylic acid groups (broad SMARTS) is 1. The monoisotopic (exact) mass is 243 g/mol. The number of nitrogens with zero attached hydrogens (tertiary/aromatic N) is 2. The first-order chi connectivity index (χ1) is 7.67. The highest BCUT2D eigenvalue weighted by Gasteiger charge is 2.15. The average Bonchev–Trinajstić information content (AvgIpc) is 2.67. The third-order valence-electron chi connectivity index (χ3n) is 2.28. The Kier molecular flexibility index (Phi) is 5.18. The number of carbonyl (C=O) groups is 1. The first-order valence-corrected chi connectivity index (χ1v) is 6.24. The van der Waals surface area contributed by atoms with Gasteiger partial charge in [-0.2, -0.15) is 4.37 Å². The first-order valence-electron chi connectivity index (χ1n) is 5.46. The largest absolute Gasteiger partial charge is 0.481 e. The molecule has 1 unspecified atom stereocenters. The van der Waals surface area contributed by atoms with Crippen molar-refractivity contribution < 1.29 is 9.90 Å². The summed E-state index contributed by atoms with van der Waals surface area (Å²) in [6.45, 7) is 4.35. The highest BCUT2D eigenvalue weighted by Crippen LogP contribution is 2.13. The van der Waals surface area contributed by atoms with Crippen LogP contribution in [-0.4, -0.2) is 27.0 Å². The summed E-state index contributed by atoms with van der Waals surface area (Å²) in [5.41, 5.74) is 0. The highest BCUT2D eigenvalue weighted by atomic mass is 32.1. The summed E-state index contributed by atoms with van der Waals surface area (Å²) < 4.78 is 4.18. The minimum Gasteiger partial charge on any atom is -0.481 e. The zero-order valence-electron chi connectivity index (χ0n) is 9.56. The lowest BCUT2D eigenvalue weighted by atomic mass is 10.1. The number of carboxylic acids is 1. The van der Waals surface area contributed by atoms with Gasteiger partial charge >= 0.3 is 5.97 Å². The van der Waals surface area contributed by atoms with E-state index in [1.165, 1.54) is 11.5 Å². The Bertz CT molecular complexity index is 341. The van der Waals surface area contributed by atoms with Gasteiger partial charge in [0.15, 0.2) is 0 Å². The molecular formula is C10H17N3O2S. The van der Waals surface area contributed by atoms with E-state index < -0.39 is 5.97 Å². The smallest absolute Gasteiger partial charge is 0.308 e. The van der Waals surface area contributed by atoms with E-state index in [-0.39, 0.29) is 5.92 Å². The molecule has 0 saturated carbocycles. The summed E-state index contributed by atoms with van der Waals surface area (Å²) in [6, 6.07) is 0. The summed E-state index contributed by atoms with van der Waals surface area (Å²) in [5.74, 6) is -0.301. The van der Waals surface area contributed by atoms with E-state index in [1.54, 1.807) is 0 Å². The third-order valence-corrected chi connectivity index (χ3v) is 2.99.